The predicted octanol–water partition coefficient (Wildman–Crippen LogP) is 0.710. The summed E-state index contributed by atoms with van der Waals surface area (Å²) in [5.74, 6) is -2.61. The lowest BCUT2D eigenvalue weighted by molar-refractivity contribution is 0.00750. The van der Waals surface area contributed by atoms with E-state index in [1.54, 1.807) is 0 Å². The molecule has 1 saturated heterocycles. The third-order valence-corrected chi connectivity index (χ3v) is 2.99. The maximum absolute atomic E-state index is 12.8. The average Bonchev–Trinajstić information content (AvgIpc) is 2.46. The maximum atomic E-state index is 12.8. The first kappa shape index (κ1) is 8.38. The molecule has 1 saturated carbocycles. The van der Waals surface area contributed by atoms with Crippen molar-refractivity contribution in [2.75, 3.05) is 26.2 Å². The average molecular weight is 177 g/mol. The quantitative estimate of drug-likeness (QED) is 0.686. The monoisotopic (exact) mass is 177 g/mol. The second-order valence-corrected chi connectivity index (χ2v) is 3.95. The Labute approximate surface area is 70.2 Å². The highest BCUT2D eigenvalue weighted by atomic mass is 19.3. The summed E-state index contributed by atoms with van der Waals surface area (Å²) in [6.45, 7) is 1.82. The van der Waals surface area contributed by atoms with Crippen LogP contribution in [0.1, 0.15) is 12.8 Å². The van der Waals surface area contributed by atoms with Crippen LogP contribution in [0.4, 0.5) is 8.78 Å². The number of aliphatic hydroxyl groups is 1. The topological polar surface area (TPSA) is 23.5 Å². The van der Waals surface area contributed by atoms with Crippen molar-refractivity contribution < 1.29 is 13.9 Å². The number of likely N-dealkylation sites (tertiary alicyclic amines) is 1. The third-order valence-electron chi connectivity index (χ3n) is 2.99. The molecule has 2 aliphatic rings. The van der Waals surface area contributed by atoms with Crippen LogP contribution in [-0.4, -0.2) is 42.2 Å². The van der Waals surface area contributed by atoms with Gasteiger partial charge in [0.25, 0.3) is 5.92 Å². The van der Waals surface area contributed by atoms with Crippen molar-refractivity contribution in [3.8, 4) is 0 Å². The summed E-state index contributed by atoms with van der Waals surface area (Å²) in [6, 6.07) is 0. The summed E-state index contributed by atoms with van der Waals surface area (Å²) in [5.41, 5.74) is -1.09. The molecule has 70 valence electrons. The minimum Gasteiger partial charge on any atom is -0.396 e. The summed E-state index contributed by atoms with van der Waals surface area (Å²) in [5, 5.41) is 8.85. The number of hydrogen-bond acceptors (Lipinski definition) is 2. The summed E-state index contributed by atoms with van der Waals surface area (Å²) in [7, 11) is 0. The van der Waals surface area contributed by atoms with Crippen LogP contribution in [0, 0.1) is 5.41 Å². The molecule has 4 heteroatoms. The summed E-state index contributed by atoms with van der Waals surface area (Å²) >= 11 is 0. The molecule has 2 rings (SSSR count). The van der Waals surface area contributed by atoms with E-state index in [4.69, 9.17) is 5.11 Å². The van der Waals surface area contributed by atoms with E-state index in [2.05, 4.69) is 0 Å². The zero-order valence-electron chi connectivity index (χ0n) is 6.89. The van der Waals surface area contributed by atoms with E-state index in [1.807, 2.05) is 4.90 Å². The Kier molecular flexibility index (Phi) is 1.67. The van der Waals surface area contributed by atoms with E-state index in [0.717, 1.165) is 19.5 Å². The van der Waals surface area contributed by atoms with Gasteiger partial charge in [0.2, 0.25) is 0 Å². The number of halogens is 2. The lowest BCUT2D eigenvalue weighted by Crippen LogP contribution is -2.43. The first-order valence-electron chi connectivity index (χ1n) is 4.31. The molecule has 0 radical (unpaired) electrons. The van der Waals surface area contributed by atoms with Crippen molar-refractivity contribution in [3.63, 3.8) is 0 Å². The van der Waals surface area contributed by atoms with Gasteiger partial charge in [-0.3, -0.25) is 0 Å². The van der Waals surface area contributed by atoms with Crippen molar-refractivity contribution >= 4 is 0 Å². The van der Waals surface area contributed by atoms with Gasteiger partial charge in [-0.2, -0.15) is 0 Å². The molecule has 0 aromatic heterocycles. The van der Waals surface area contributed by atoms with E-state index in [-0.39, 0.29) is 13.0 Å². The van der Waals surface area contributed by atoms with Gasteiger partial charge in [0.1, 0.15) is 0 Å². The van der Waals surface area contributed by atoms with Crippen molar-refractivity contribution in [3.05, 3.63) is 0 Å². The predicted molar refractivity (Wildman–Crippen MR) is 40.1 cm³/mol. The van der Waals surface area contributed by atoms with Gasteiger partial charge in [-0.05, 0) is 19.5 Å². The second kappa shape index (κ2) is 2.39. The van der Waals surface area contributed by atoms with Crippen molar-refractivity contribution in [1.29, 1.82) is 0 Å². The highest BCUT2D eigenvalue weighted by Gasteiger charge is 2.71. The molecule has 2 fully saturated rings. The lowest BCUT2D eigenvalue weighted by atomic mass is 10.0. The van der Waals surface area contributed by atoms with Crippen molar-refractivity contribution in [2.45, 2.75) is 18.8 Å². The van der Waals surface area contributed by atoms with E-state index >= 15 is 0 Å². The summed E-state index contributed by atoms with van der Waals surface area (Å²) in [4.78, 5) is 1.98. The highest BCUT2D eigenvalue weighted by Crippen LogP contribution is 2.60. The molecule has 1 heterocycles. The molecule has 0 amide bonds. The van der Waals surface area contributed by atoms with Crippen LogP contribution in [0.2, 0.25) is 0 Å². The molecule has 12 heavy (non-hydrogen) atoms. The van der Waals surface area contributed by atoms with Gasteiger partial charge in [0.15, 0.2) is 0 Å². The molecule has 0 unspecified atom stereocenters. The van der Waals surface area contributed by atoms with Crippen LogP contribution < -0.4 is 0 Å². The fourth-order valence-corrected chi connectivity index (χ4v) is 1.74. The van der Waals surface area contributed by atoms with E-state index in [9.17, 15) is 8.78 Å². The molecule has 1 atom stereocenters. The number of nitrogens with zero attached hydrogens (tertiary/aromatic N) is 1. The van der Waals surface area contributed by atoms with Gasteiger partial charge in [-0.1, -0.05) is 0 Å². The van der Waals surface area contributed by atoms with Crippen LogP contribution in [-0.2, 0) is 0 Å². The lowest BCUT2D eigenvalue weighted by Gasteiger charge is -2.33. The van der Waals surface area contributed by atoms with Crippen LogP contribution in [0.25, 0.3) is 0 Å². The number of rotatable bonds is 3. The maximum Gasteiger partial charge on any atom is 0.258 e. The SMILES string of the molecule is OC[C@@]1(CN2CCC2)CC1(F)F. The molecule has 0 aromatic rings. The second-order valence-electron chi connectivity index (χ2n) is 3.95. The van der Waals surface area contributed by atoms with Gasteiger partial charge in [0, 0.05) is 13.0 Å². The van der Waals surface area contributed by atoms with Gasteiger partial charge >= 0.3 is 0 Å². The molecule has 0 aromatic carbocycles. The fourth-order valence-electron chi connectivity index (χ4n) is 1.74. The molecule has 1 aliphatic carbocycles. The Morgan fingerprint density at radius 3 is 2.17 bits per heavy atom. The molecule has 0 bridgehead atoms. The van der Waals surface area contributed by atoms with E-state index < -0.39 is 11.3 Å². The molecule has 1 aliphatic heterocycles. The Morgan fingerprint density at radius 1 is 1.33 bits per heavy atom. The van der Waals surface area contributed by atoms with Gasteiger partial charge in [-0.25, -0.2) is 8.78 Å². The van der Waals surface area contributed by atoms with Gasteiger partial charge in [0.05, 0.1) is 12.0 Å². The number of alkyl halides is 2. The first-order chi connectivity index (χ1) is 5.60. The van der Waals surface area contributed by atoms with Crippen LogP contribution in [0.15, 0.2) is 0 Å². The standard InChI is InChI=1S/C8H13F2NO/c9-8(10)4-7(8,6-12)5-11-2-1-3-11/h12H,1-6H2/t7-/m0/s1. The van der Waals surface area contributed by atoms with Crippen molar-refractivity contribution in [2.24, 2.45) is 5.41 Å². The van der Waals surface area contributed by atoms with E-state index in [1.165, 1.54) is 0 Å². The Morgan fingerprint density at radius 2 is 1.92 bits per heavy atom. The van der Waals surface area contributed by atoms with E-state index in [0.29, 0.717) is 6.54 Å². The van der Waals surface area contributed by atoms with Gasteiger partial charge in [-0.15, -0.1) is 0 Å². The molecule has 1 N–H and O–H groups in total. The number of hydrogen-bond donors (Lipinski definition) is 1. The van der Waals surface area contributed by atoms with Gasteiger partial charge < -0.3 is 10.0 Å². The summed E-state index contributed by atoms with van der Waals surface area (Å²) < 4.78 is 25.6. The molecule has 2 nitrogen and oxygen atoms in total. The molecular weight excluding hydrogens is 164 g/mol. The minimum absolute atomic E-state index is 0.132. The molecular formula is C8H13F2NO. The Hall–Kier alpha value is -0.220. The smallest absolute Gasteiger partial charge is 0.258 e. The highest BCUT2D eigenvalue weighted by molar-refractivity contribution is 5.11. The zero-order chi connectivity index (χ0) is 8.82. The van der Waals surface area contributed by atoms with Crippen LogP contribution in [0.5, 0.6) is 0 Å². The third kappa shape index (κ3) is 1.05. The number of aliphatic hydroxyl groups excluding tert-OH is 1. The Bertz CT molecular complexity index is 193. The zero-order valence-corrected chi connectivity index (χ0v) is 6.89. The summed E-state index contributed by atoms with van der Waals surface area (Å²) in [6.07, 6.45) is 0.972. The normalized spacial score (nSPS) is 39.2. The molecule has 0 spiro atoms. The Balaban J connectivity index is 1.92. The minimum atomic E-state index is -2.61. The van der Waals surface area contributed by atoms with Crippen molar-refractivity contribution in [1.82, 2.24) is 4.90 Å². The largest absolute Gasteiger partial charge is 0.396 e. The first-order valence-corrected chi connectivity index (χ1v) is 4.31. The fraction of sp³-hybridized carbons (Fsp3) is 1.00. The van der Waals surface area contributed by atoms with Crippen LogP contribution in [0.3, 0.4) is 0 Å². The van der Waals surface area contributed by atoms with Crippen LogP contribution >= 0.6 is 0 Å².